The summed E-state index contributed by atoms with van der Waals surface area (Å²) in [6.45, 7) is 0. The van der Waals surface area contributed by atoms with E-state index in [-0.39, 0.29) is 6.04 Å². The zero-order chi connectivity index (χ0) is 38.9. The number of nitrogens with one attached hydrogen (secondary N) is 1. The molecule has 1 aromatic heterocycles. The van der Waals surface area contributed by atoms with Gasteiger partial charge in [-0.3, -0.25) is 0 Å². The standard InChI is InChI=1S/C57H38N2/c1-3-15-39(16-4-1)52-30-32-54-57(58-52)51-36-43(28-31-53(51)59(54)46-19-5-2-6-20-46)42-27-29-49-50(35-42)56(45-26-24-38-14-8-10-18-41(38)34-45)48-22-12-11-21-47(48)55(49)44-25-23-37-13-7-9-17-40(37)33-44/h1-36,52,58H. The second-order valence-electron chi connectivity index (χ2n) is 15.7. The molecule has 11 aromatic rings. The maximum absolute atomic E-state index is 3.95. The third kappa shape index (κ3) is 5.49. The quantitative estimate of drug-likeness (QED) is 0.173. The van der Waals surface area contributed by atoms with Crippen molar-refractivity contribution in [2.45, 2.75) is 6.04 Å². The zero-order valence-electron chi connectivity index (χ0n) is 32.3. The van der Waals surface area contributed by atoms with Crippen molar-refractivity contribution in [1.82, 2.24) is 4.57 Å². The Morgan fingerprint density at radius 2 is 0.881 bits per heavy atom. The van der Waals surface area contributed by atoms with Gasteiger partial charge in [-0.05, 0) is 131 Å². The molecule has 12 rings (SSSR count). The van der Waals surface area contributed by atoms with Gasteiger partial charge in [0.1, 0.15) is 0 Å². The second-order valence-corrected chi connectivity index (χ2v) is 15.7. The molecule has 276 valence electrons. The van der Waals surface area contributed by atoms with Crippen LogP contribution >= 0.6 is 0 Å². The largest absolute Gasteiger partial charge is 0.372 e. The van der Waals surface area contributed by atoms with Gasteiger partial charge in [-0.15, -0.1) is 0 Å². The first kappa shape index (κ1) is 33.5. The normalized spacial score (nSPS) is 13.7. The Bertz CT molecular complexity index is 3460. The van der Waals surface area contributed by atoms with Crippen molar-refractivity contribution in [3.05, 3.63) is 224 Å². The molecule has 1 atom stereocenters. The van der Waals surface area contributed by atoms with E-state index >= 15 is 0 Å². The smallest absolute Gasteiger partial charge is 0.0702 e. The molecule has 1 unspecified atom stereocenters. The van der Waals surface area contributed by atoms with Crippen LogP contribution in [-0.4, -0.2) is 4.57 Å². The topological polar surface area (TPSA) is 17.0 Å². The molecule has 1 aliphatic heterocycles. The molecule has 0 saturated carbocycles. The fourth-order valence-corrected chi connectivity index (χ4v) is 9.57. The number of hydrogen-bond donors (Lipinski definition) is 1. The molecule has 0 bridgehead atoms. The molecule has 0 radical (unpaired) electrons. The number of aromatic nitrogens is 1. The van der Waals surface area contributed by atoms with Gasteiger partial charge in [-0.1, -0.05) is 170 Å². The van der Waals surface area contributed by atoms with E-state index in [1.54, 1.807) is 0 Å². The van der Waals surface area contributed by atoms with Crippen LogP contribution in [0.3, 0.4) is 0 Å². The Kier molecular flexibility index (Phi) is 7.64. The van der Waals surface area contributed by atoms with Gasteiger partial charge in [0.25, 0.3) is 0 Å². The number of benzene rings is 10. The molecule has 1 N–H and O–H groups in total. The first-order valence-corrected chi connectivity index (χ1v) is 20.5. The molecule has 10 aromatic carbocycles. The Hall–Kier alpha value is -7.68. The molecular formula is C57H38N2. The Morgan fingerprint density at radius 1 is 0.373 bits per heavy atom. The highest BCUT2D eigenvalue weighted by molar-refractivity contribution is 6.22. The summed E-state index contributed by atoms with van der Waals surface area (Å²) >= 11 is 0. The zero-order valence-corrected chi connectivity index (χ0v) is 32.3. The highest BCUT2D eigenvalue weighted by Crippen LogP contribution is 2.47. The number of nitrogens with zero attached hydrogens (tertiary/aromatic N) is 1. The van der Waals surface area contributed by atoms with Crippen molar-refractivity contribution in [2.75, 3.05) is 5.32 Å². The van der Waals surface area contributed by atoms with E-state index in [1.807, 2.05) is 0 Å². The molecule has 1 aliphatic rings. The van der Waals surface area contributed by atoms with E-state index in [4.69, 9.17) is 0 Å². The molecule has 0 spiro atoms. The number of para-hydroxylation sites is 1. The lowest BCUT2D eigenvalue weighted by Crippen LogP contribution is -2.12. The van der Waals surface area contributed by atoms with Gasteiger partial charge >= 0.3 is 0 Å². The highest BCUT2D eigenvalue weighted by Gasteiger charge is 2.24. The predicted molar refractivity (Wildman–Crippen MR) is 251 cm³/mol. The van der Waals surface area contributed by atoms with Gasteiger partial charge in [0.15, 0.2) is 0 Å². The van der Waals surface area contributed by atoms with Crippen molar-refractivity contribution in [1.29, 1.82) is 0 Å². The molecule has 0 aliphatic carbocycles. The van der Waals surface area contributed by atoms with Crippen LogP contribution in [0.15, 0.2) is 212 Å². The summed E-state index contributed by atoms with van der Waals surface area (Å²) in [6.07, 6.45) is 4.58. The lowest BCUT2D eigenvalue weighted by atomic mass is 9.84. The molecule has 2 heteroatoms. The van der Waals surface area contributed by atoms with Crippen molar-refractivity contribution >= 4 is 65.8 Å². The lowest BCUT2D eigenvalue weighted by molar-refractivity contribution is 0.969. The minimum Gasteiger partial charge on any atom is -0.372 e. The monoisotopic (exact) mass is 750 g/mol. The highest BCUT2D eigenvalue weighted by atomic mass is 15.1. The summed E-state index contributed by atoms with van der Waals surface area (Å²) in [4.78, 5) is 0. The number of rotatable bonds is 5. The van der Waals surface area contributed by atoms with Gasteiger partial charge in [-0.25, -0.2) is 0 Å². The fraction of sp³-hybridized carbons (Fsp3) is 0.0175. The van der Waals surface area contributed by atoms with Crippen molar-refractivity contribution < 1.29 is 0 Å². The molecule has 59 heavy (non-hydrogen) atoms. The van der Waals surface area contributed by atoms with Gasteiger partial charge in [0, 0.05) is 11.1 Å². The third-order valence-electron chi connectivity index (χ3n) is 12.4. The third-order valence-corrected chi connectivity index (χ3v) is 12.4. The van der Waals surface area contributed by atoms with E-state index in [9.17, 15) is 0 Å². The van der Waals surface area contributed by atoms with Gasteiger partial charge in [0.05, 0.1) is 22.9 Å². The summed E-state index contributed by atoms with van der Waals surface area (Å²) < 4.78 is 2.39. The van der Waals surface area contributed by atoms with Crippen LogP contribution < -0.4 is 5.32 Å². The number of fused-ring (bicyclic) bond motifs is 7. The van der Waals surface area contributed by atoms with Crippen molar-refractivity contribution in [2.24, 2.45) is 0 Å². The van der Waals surface area contributed by atoms with Crippen LogP contribution in [0.2, 0.25) is 0 Å². The summed E-state index contributed by atoms with van der Waals surface area (Å²) in [5, 5.41) is 15.1. The molecule has 0 saturated heterocycles. The van der Waals surface area contributed by atoms with Crippen LogP contribution in [-0.2, 0) is 0 Å². The summed E-state index contributed by atoms with van der Waals surface area (Å²) in [7, 11) is 0. The Morgan fingerprint density at radius 3 is 1.54 bits per heavy atom. The van der Waals surface area contributed by atoms with Gasteiger partial charge in [0.2, 0.25) is 0 Å². The molecule has 2 nitrogen and oxygen atoms in total. The maximum Gasteiger partial charge on any atom is 0.0702 e. The fourth-order valence-electron chi connectivity index (χ4n) is 9.57. The minimum absolute atomic E-state index is 0.0779. The number of anilines is 1. The van der Waals surface area contributed by atoms with E-state index in [0.29, 0.717) is 0 Å². The molecule has 0 amide bonds. The second kappa shape index (κ2) is 13.5. The van der Waals surface area contributed by atoms with E-state index in [2.05, 4.69) is 228 Å². The average molecular weight is 751 g/mol. The first-order valence-electron chi connectivity index (χ1n) is 20.5. The van der Waals surface area contributed by atoms with E-state index in [0.717, 1.165) is 11.4 Å². The van der Waals surface area contributed by atoms with Crippen LogP contribution in [0.5, 0.6) is 0 Å². The molecule has 0 fully saturated rings. The summed E-state index contributed by atoms with van der Waals surface area (Å²) in [5.74, 6) is 0. The van der Waals surface area contributed by atoms with Crippen LogP contribution in [0.1, 0.15) is 17.3 Å². The van der Waals surface area contributed by atoms with Crippen molar-refractivity contribution in [3.8, 4) is 39.1 Å². The van der Waals surface area contributed by atoms with E-state index in [1.165, 1.54) is 98.6 Å². The number of hydrogen-bond acceptors (Lipinski definition) is 1. The first-order chi connectivity index (χ1) is 29.2. The minimum atomic E-state index is 0.0779. The average Bonchev–Trinajstić information content (AvgIpc) is 3.64. The van der Waals surface area contributed by atoms with Crippen LogP contribution in [0.4, 0.5) is 5.69 Å². The molecule has 2 heterocycles. The van der Waals surface area contributed by atoms with Gasteiger partial charge < -0.3 is 9.88 Å². The molecular weight excluding hydrogens is 713 g/mol. The van der Waals surface area contributed by atoms with Gasteiger partial charge in [-0.2, -0.15) is 0 Å². The maximum atomic E-state index is 3.95. The summed E-state index contributed by atoms with van der Waals surface area (Å²) in [5.41, 5.74) is 13.2. The lowest BCUT2D eigenvalue weighted by Gasteiger charge is -2.22. The van der Waals surface area contributed by atoms with Crippen molar-refractivity contribution in [3.63, 3.8) is 0 Å². The van der Waals surface area contributed by atoms with E-state index < -0.39 is 0 Å². The Balaban J connectivity index is 1.11. The summed E-state index contributed by atoms with van der Waals surface area (Å²) in [6, 6.07) is 75.8. The van der Waals surface area contributed by atoms with Crippen LogP contribution in [0, 0.1) is 0 Å². The Labute approximate surface area is 342 Å². The predicted octanol–water partition coefficient (Wildman–Crippen LogP) is 15.4. The SMILES string of the molecule is C1=CC(c2ccccc2)Nc2c1n(-c1ccccc1)c1ccc(-c3ccc4c(-c5ccc6ccccc6c5)c5ccccc5c(-c5ccc6ccccc6c5)c4c3)cc21. The van der Waals surface area contributed by atoms with Crippen LogP contribution in [0.25, 0.3) is 99.1 Å².